The number of carbonyl (C=O) groups is 2. The number of ketones is 1. The molecular formula is C10H14F3NO4. The summed E-state index contributed by atoms with van der Waals surface area (Å²) < 4.78 is 40.5. The molecule has 8 heteroatoms. The number of halogens is 3. The number of hydrogen-bond donors (Lipinski definition) is 2. The molecule has 0 amide bonds. The van der Waals surface area contributed by atoms with Gasteiger partial charge in [-0.1, -0.05) is 0 Å². The van der Waals surface area contributed by atoms with Crippen LogP contribution in [0.3, 0.4) is 0 Å². The zero-order chi connectivity index (χ0) is 14.6. The molecule has 0 radical (unpaired) electrons. The van der Waals surface area contributed by atoms with Gasteiger partial charge in [-0.25, -0.2) is 4.79 Å². The van der Waals surface area contributed by atoms with Crippen molar-refractivity contribution in [2.45, 2.75) is 38.5 Å². The van der Waals surface area contributed by atoms with E-state index < -0.39 is 42.1 Å². The van der Waals surface area contributed by atoms with Crippen LogP contribution >= 0.6 is 0 Å². The minimum atomic E-state index is -4.64. The van der Waals surface area contributed by atoms with Crippen molar-refractivity contribution in [3.63, 3.8) is 0 Å². The third kappa shape index (κ3) is 6.33. The fourth-order valence-corrected chi connectivity index (χ4v) is 1.25. The number of Topliss-reactive ketones (excluding diaryl/α,β-unsaturated/α-hetero) is 1. The number of alkyl halides is 3. The summed E-state index contributed by atoms with van der Waals surface area (Å²) in [7, 11) is 0. The number of hydrogen-bond acceptors (Lipinski definition) is 5. The maximum atomic E-state index is 12.1. The molecule has 0 aromatic rings. The second-order valence-electron chi connectivity index (χ2n) is 3.98. The molecule has 18 heavy (non-hydrogen) atoms. The van der Waals surface area contributed by atoms with E-state index in [1.165, 1.54) is 6.92 Å². The molecule has 0 aliphatic rings. The summed E-state index contributed by atoms with van der Waals surface area (Å²) in [5, 5.41) is 16.5. The predicted molar refractivity (Wildman–Crippen MR) is 55.3 cm³/mol. The van der Waals surface area contributed by atoms with Crippen LogP contribution in [-0.4, -0.2) is 41.0 Å². The van der Waals surface area contributed by atoms with Gasteiger partial charge in [0.25, 0.3) is 0 Å². The quantitative estimate of drug-likeness (QED) is 0.431. The Morgan fingerprint density at radius 3 is 2.22 bits per heavy atom. The molecular weight excluding hydrogens is 255 g/mol. The van der Waals surface area contributed by atoms with Gasteiger partial charge >= 0.3 is 12.1 Å². The van der Waals surface area contributed by atoms with Gasteiger partial charge in [-0.3, -0.25) is 10.2 Å². The molecule has 0 aromatic carbocycles. The van der Waals surface area contributed by atoms with Crippen molar-refractivity contribution in [1.29, 1.82) is 5.41 Å². The Bertz CT molecular complexity index is 350. The molecule has 1 atom stereocenters. The molecule has 104 valence electrons. The number of carbonyl (C=O) groups excluding carboxylic acids is 2. The Balaban J connectivity index is 4.56. The average Bonchev–Trinajstić information content (AvgIpc) is 2.11. The van der Waals surface area contributed by atoms with E-state index in [2.05, 4.69) is 4.74 Å². The van der Waals surface area contributed by atoms with E-state index in [4.69, 9.17) is 5.41 Å². The summed E-state index contributed by atoms with van der Waals surface area (Å²) in [6.07, 6.45) is -7.21. The number of ether oxygens (including phenoxy) is 1. The SMILES string of the molecule is CCOC(=O)C(=N)C(=O)CC(C)(O)CC(F)(F)F. The van der Waals surface area contributed by atoms with Crippen LogP contribution in [0.5, 0.6) is 0 Å². The third-order valence-corrected chi connectivity index (χ3v) is 1.88. The van der Waals surface area contributed by atoms with Crippen LogP contribution < -0.4 is 0 Å². The maximum Gasteiger partial charge on any atom is 0.391 e. The van der Waals surface area contributed by atoms with Gasteiger partial charge in [0.2, 0.25) is 0 Å². The smallest absolute Gasteiger partial charge is 0.391 e. The molecule has 0 aliphatic carbocycles. The van der Waals surface area contributed by atoms with E-state index in [1.54, 1.807) is 0 Å². The first kappa shape index (κ1) is 16.6. The van der Waals surface area contributed by atoms with Crippen LogP contribution in [0.4, 0.5) is 13.2 Å². The molecule has 0 saturated carbocycles. The lowest BCUT2D eigenvalue weighted by atomic mass is 9.93. The van der Waals surface area contributed by atoms with E-state index in [0.29, 0.717) is 0 Å². The summed E-state index contributed by atoms with van der Waals surface area (Å²) in [5.74, 6) is -2.41. The molecule has 2 N–H and O–H groups in total. The fraction of sp³-hybridized carbons (Fsp3) is 0.700. The molecule has 0 rings (SSSR count). The van der Waals surface area contributed by atoms with E-state index >= 15 is 0 Å². The van der Waals surface area contributed by atoms with Crippen LogP contribution in [0.1, 0.15) is 26.7 Å². The maximum absolute atomic E-state index is 12.1. The summed E-state index contributed by atoms with van der Waals surface area (Å²) in [6.45, 7) is 2.21. The molecule has 0 aromatic heterocycles. The lowest BCUT2D eigenvalue weighted by molar-refractivity contribution is -0.173. The lowest BCUT2D eigenvalue weighted by Crippen LogP contribution is -2.37. The standard InChI is InChI=1S/C10H14F3NO4/c1-3-18-8(16)7(14)6(15)4-9(2,17)5-10(11,12)13/h14,17H,3-5H2,1-2H3. The average molecular weight is 269 g/mol. The van der Waals surface area contributed by atoms with Gasteiger partial charge in [0.05, 0.1) is 18.6 Å². The fourth-order valence-electron chi connectivity index (χ4n) is 1.25. The second kappa shape index (κ2) is 5.94. The topological polar surface area (TPSA) is 87.5 Å². The highest BCUT2D eigenvalue weighted by Gasteiger charge is 2.40. The van der Waals surface area contributed by atoms with E-state index in [9.17, 15) is 27.9 Å². The zero-order valence-corrected chi connectivity index (χ0v) is 9.93. The van der Waals surface area contributed by atoms with Crippen LogP contribution in [0.15, 0.2) is 0 Å². The van der Waals surface area contributed by atoms with Crippen molar-refractivity contribution >= 4 is 17.5 Å². The molecule has 0 bridgehead atoms. The first-order valence-electron chi connectivity index (χ1n) is 5.06. The van der Waals surface area contributed by atoms with Crippen molar-refractivity contribution in [3.05, 3.63) is 0 Å². The summed E-state index contributed by atoms with van der Waals surface area (Å²) in [4.78, 5) is 22.3. The van der Waals surface area contributed by atoms with Gasteiger partial charge < -0.3 is 9.84 Å². The Labute approximate surface area is 101 Å². The Morgan fingerprint density at radius 2 is 1.83 bits per heavy atom. The largest absolute Gasteiger partial charge is 0.461 e. The van der Waals surface area contributed by atoms with Crippen molar-refractivity contribution in [2.75, 3.05) is 6.61 Å². The van der Waals surface area contributed by atoms with Crippen LogP contribution in [0.2, 0.25) is 0 Å². The third-order valence-electron chi connectivity index (χ3n) is 1.88. The van der Waals surface area contributed by atoms with Crippen LogP contribution in [0, 0.1) is 5.41 Å². The van der Waals surface area contributed by atoms with Gasteiger partial charge in [0, 0.05) is 6.42 Å². The minimum absolute atomic E-state index is 0.0621. The number of nitrogens with one attached hydrogen (secondary N) is 1. The van der Waals surface area contributed by atoms with E-state index in [-0.39, 0.29) is 6.61 Å². The summed E-state index contributed by atoms with van der Waals surface area (Å²) in [5.41, 5.74) is -3.42. The summed E-state index contributed by atoms with van der Waals surface area (Å²) >= 11 is 0. The molecule has 0 fully saturated rings. The van der Waals surface area contributed by atoms with Crippen molar-refractivity contribution in [2.24, 2.45) is 0 Å². The molecule has 1 unspecified atom stereocenters. The van der Waals surface area contributed by atoms with Gasteiger partial charge in [0.15, 0.2) is 11.5 Å². The first-order chi connectivity index (χ1) is 7.98. The Morgan fingerprint density at radius 1 is 1.33 bits per heavy atom. The first-order valence-corrected chi connectivity index (χ1v) is 5.06. The molecule has 0 aliphatic heterocycles. The van der Waals surface area contributed by atoms with E-state index in [1.807, 2.05) is 0 Å². The number of aliphatic hydroxyl groups is 1. The lowest BCUT2D eigenvalue weighted by Gasteiger charge is -2.23. The molecule has 0 saturated heterocycles. The highest BCUT2D eigenvalue weighted by atomic mass is 19.4. The molecule has 0 heterocycles. The number of rotatable bonds is 6. The van der Waals surface area contributed by atoms with Crippen LogP contribution in [0.25, 0.3) is 0 Å². The van der Waals surface area contributed by atoms with Crippen molar-refractivity contribution in [3.8, 4) is 0 Å². The minimum Gasteiger partial charge on any atom is -0.461 e. The van der Waals surface area contributed by atoms with E-state index in [0.717, 1.165) is 6.92 Å². The van der Waals surface area contributed by atoms with Crippen molar-refractivity contribution < 1.29 is 32.6 Å². The number of esters is 1. The van der Waals surface area contributed by atoms with Crippen molar-refractivity contribution in [1.82, 2.24) is 0 Å². The Kier molecular flexibility index (Phi) is 5.47. The van der Waals surface area contributed by atoms with Gasteiger partial charge in [-0.15, -0.1) is 0 Å². The predicted octanol–water partition coefficient (Wildman–Crippen LogP) is 1.23. The molecule has 5 nitrogen and oxygen atoms in total. The molecule has 0 spiro atoms. The highest BCUT2D eigenvalue weighted by molar-refractivity contribution is 6.63. The summed E-state index contributed by atoms with van der Waals surface area (Å²) in [6, 6.07) is 0. The second-order valence-corrected chi connectivity index (χ2v) is 3.98. The monoisotopic (exact) mass is 269 g/mol. The normalized spacial score (nSPS) is 14.8. The van der Waals surface area contributed by atoms with Gasteiger partial charge in [-0.2, -0.15) is 13.2 Å². The Hall–Kier alpha value is -1.44. The zero-order valence-electron chi connectivity index (χ0n) is 9.93. The van der Waals surface area contributed by atoms with Gasteiger partial charge in [-0.05, 0) is 13.8 Å². The van der Waals surface area contributed by atoms with Gasteiger partial charge in [0.1, 0.15) is 0 Å². The van der Waals surface area contributed by atoms with Crippen LogP contribution in [-0.2, 0) is 14.3 Å². The highest BCUT2D eigenvalue weighted by Crippen LogP contribution is 2.29.